The molecule has 1 aromatic heterocycles. The molecule has 0 bridgehead atoms. The van der Waals surface area contributed by atoms with Crippen LogP contribution in [-0.2, 0) is 15.8 Å². The Kier molecular flexibility index (Phi) is 7.73. The first kappa shape index (κ1) is 24.4. The maximum absolute atomic E-state index is 13.5. The van der Waals surface area contributed by atoms with E-state index in [-0.39, 0.29) is 17.9 Å². The van der Waals surface area contributed by atoms with Crippen LogP contribution in [-0.4, -0.2) is 32.7 Å². The van der Waals surface area contributed by atoms with Crippen LogP contribution in [0.15, 0.2) is 34.6 Å². The number of carbonyl (C=O) groups excluding carboxylic acids is 1. The standard InChI is InChI=1S/C21H17F4NO3S3/c22-16-6-5-12(9-15(16)21(23,24)25)13-8-14(31-11-13)10-17-19(29)26(20(30)32-17)7-3-1-2-4-18(27)28/h5-6,8-11H,1-4,7H2,(H,27,28)/b17-10-. The third-order valence-corrected chi connectivity index (χ3v) is 6.90. The second-order valence-electron chi connectivity index (χ2n) is 6.97. The summed E-state index contributed by atoms with van der Waals surface area (Å²) in [6.45, 7) is 0.396. The van der Waals surface area contributed by atoms with E-state index in [0.29, 0.717) is 45.5 Å². The number of aliphatic carboxylic acids is 1. The molecule has 1 saturated heterocycles. The fourth-order valence-corrected chi connectivity index (χ4v) is 5.27. The summed E-state index contributed by atoms with van der Waals surface area (Å²) in [6, 6.07) is 4.47. The van der Waals surface area contributed by atoms with Crippen LogP contribution in [0.1, 0.15) is 36.1 Å². The number of thioether (sulfide) groups is 1. The van der Waals surface area contributed by atoms with Crippen LogP contribution in [0.5, 0.6) is 0 Å². The highest BCUT2D eigenvalue weighted by molar-refractivity contribution is 8.26. The van der Waals surface area contributed by atoms with Crippen molar-refractivity contribution in [2.75, 3.05) is 6.54 Å². The fourth-order valence-electron chi connectivity index (χ4n) is 3.05. The number of hydrogen-bond acceptors (Lipinski definition) is 5. The molecule has 1 amide bonds. The van der Waals surface area contributed by atoms with E-state index in [4.69, 9.17) is 17.3 Å². The van der Waals surface area contributed by atoms with Gasteiger partial charge in [0.1, 0.15) is 10.1 Å². The zero-order valence-corrected chi connectivity index (χ0v) is 18.9. The topological polar surface area (TPSA) is 57.6 Å². The minimum Gasteiger partial charge on any atom is -0.481 e. The monoisotopic (exact) mass is 503 g/mol. The third-order valence-electron chi connectivity index (χ3n) is 4.64. The molecular weight excluding hydrogens is 486 g/mol. The van der Waals surface area contributed by atoms with Crippen LogP contribution in [0.4, 0.5) is 17.6 Å². The molecule has 0 spiro atoms. The molecule has 2 aromatic rings. The summed E-state index contributed by atoms with van der Waals surface area (Å²) >= 11 is 7.66. The molecule has 0 saturated carbocycles. The molecule has 32 heavy (non-hydrogen) atoms. The second kappa shape index (κ2) is 10.1. The van der Waals surface area contributed by atoms with Crippen molar-refractivity contribution in [1.82, 2.24) is 4.90 Å². The van der Waals surface area contributed by atoms with E-state index in [1.165, 1.54) is 22.3 Å². The molecule has 1 N–H and O–H groups in total. The normalized spacial score (nSPS) is 15.8. The molecule has 0 aliphatic carbocycles. The van der Waals surface area contributed by atoms with E-state index in [1.54, 1.807) is 17.5 Å². The average molecular weight is 504 g/mol. The molecule has 0 unspecified atom stereocenters. The smallest absolute Gasteiger partial charge is 0.419 e. The quantitative estimate of drug-likeness (QED) is 0.195. The van der Waals surface area contributed by atoms with E-state index in [1.807, 2.05) is 0 Å². The van der Waals surface area contributed by atoms with Gasteiger partial charge in [0.25, 0.3) is 5.91 Å². The molecular formula is C21H17F4NO3S3. The van der Waals surface area contributed by atoms with Gasteiger partial charge in [0, 0.05) is 17.8 Å². The Hall–Kier alpha value is -2.24. The van der Waals surface area contributed by atoms with Crippen molar-refractivity contribution < 1.29 is 32.3 Å². The largest absolute Gasteiger partial charge is 0.481 e. The lowest BCUT2D eigenvalue weighted by Gasteiger charge is -2.13. The number of nitrogens with zero attached hydrogens (tertiary/aromatic N) is 1. The zero-order valence-electron chi connectivity index (χ0n) is 16.4. The summed E-state index contributed by atoms with van der Waals surface area (Å²) in [4.78, 5) is 25.7. The first-order valence-corrected chi connectivity index (χ1v) is 11.6. The molecule has 1 aliphatic rings. The van der Waals surface area contributed by atoms with Gasteiger partial charge in [-0.05, 0) is 53.6 Å². The van der Waals surface area contributed by atoms with Gasteiger partial charge in [0.15, 0.2) is 0 Å². The van der Waals surface area contributed by atoms with Gasteiger partial charge in [-0.25, -0.2) is 4.39 Å². The summed E-state index contributed by atoms with van der Waals surface area (Å²) in [5, 5.41) is 10.3. The Morgan fingerprint density at radius 2 is 1.91 bits per heavy atom. The predicted octanol–water partition coefficient (Wildman–Crippen LogP) is 6.42. The molecule has 11 heteroatoms. The van der Waals surface area contributed by atoms with Crippen LogP contribution < -0.4 is 0 Å². The van der Waals surface area contributed by atoms with Gasteiger partial charge in [-0.3, -0.25) is 14.5 Å². The number of benzene rings is 1. The second-order valence-corrected chi connectivity index (χ2v) is 9.59. The maximum Gasteiger partial charge on any atom is 0.419 e. The summed E-state index contributed by atoms with van der Waals surface area (Å²) in [5.41, 5.74) is -0.615. The highest BCUT2D eigenvalue weighted by Gasteiger charge is 2.34. The van der Waals surface area contributed by atoms with Crippen molar-refractivity contribution in [1.29, 1.82) is 0 Å². The molecule has 1 fully saturated rings. The third kappa shape index (κ3) is 5.96. The first-order chi connectivity index (χ1) is 15.1. The van der Waals surface area contributed by atoms with Crippen LogP contribution in [0, 0.1) is 5.82 Å². The fraction of sp³-hybridized carbons (Fsp3) is 0.286. The Balaban J connectivity index is 1.69. The van der Waals surface area contributed by atoms with Crippen molar-refractivity contribution in [2.24, 2.45) is 0 Å². The van der Waals surface area contributed by atoms with Crippen LogP contribution in [0.3, 0.4) is 0 Å². The number of rotatable bonds is 8. The molecule has 4 nitrogen and oxygen atoms in total. The number of halogens is 4. The number of alkyl halides is 3. The number of unbranched alkanes of at least 4 members (excludes halogenated alkanes) is 2. The van der Waals surface area contributed by atoms with E-state index >= 15 is 0 Å². The van der Waals surface area contributed by atoms with Gasteiger partial charge in [-0.15, -0.1) is 11.3 Å². The summed E-state index contributed by atoms with van der Waals surface area (Å²) in [6.07, 6.45) is -1.27. The van der Waals surface area contributed by atoms with Crippen LogP contribution in [0.25, 0.3) is 17.2 Å². The SMILES string of the molecule is O=C(O)CCCCCN1C(=O)/C(=C/c2cc(-c3ccc(F)c(C(F)(F)F)c3)cs2)SC1=S. The first-order valence-electron chi connectivity index (χ1n) is 9.49. The van der Waals surface area contributed by atoms with Crippen molar-refractivity contribution in [3.05, 3.63) is 50.8 Å². The van der Waals surface area contributed by atoms with E-state index in [9.17, 15) is 27.2 Å². The van der Waals surface area contributed by atoms with Crippen LogP contribution in [0.2, 0.25) is 0 Å². The van der Waals surface area contributed by atoms with Crippen molar-refractivity contribution in [3.63, 3.8) is 0 Å². The van der Waals surface area contributed by atoms with Gasteiger partial charge >= 0.3 is 12.1 Å². The van der Waals surface area contributed by atoms with Crippen molar-refractivity contribution in [3.8, 4) is 11.1 Å². The van der Waals surface area contributed by atoms with Crippen molar-refractivity contribution >= 4 is 57.6 Å². The number of carbonyl (C=O) groups is 2. The number of carboxylic acids is 1. The Morgan fingerprint density at radius 3 is 2.59 bits per heavy atom. The van der Waals surface area contributed by atoms with E-state index < -0.39 is 23.5 Å². The summed E-state index contributed by atoms with van der Waals surface area (Å²) in [5.74, 6) is -2.44. The highest BCUT2D eigenvalue weighted by atomic mass is 32.2. The van der Waals surface area contributed by atoms with Gasteiger partial charge in [0.2, 0.25) is 0 Å². The van der Waals surface area contributed by atoms with E-state index in [2.05, 4.69) is 0 Å². The minimum atomic E-state index is -4.79. The Labute approximate surface area is 194 Å². The minimum absolute atomic E-state index is 0.0809. The lowest BCUT2D eigenvalue weighted by atomic mass is 10.0. The van der Waals surface area contributed by atoms with Crippen LogP contribution >= 0.6 is 35.3 Å². The highest BCUT2D eigenvalue weighted by Crippen LogP contribution is 2.37. The van der Waals surface area contributed by atoms with Gasteiger partial charge in [0.05, 0.1) is 10.5 Å². The number of hydrogen-bond donors (Lipinski definition) is 1. The summed E-state index contributed by atoms with van der Waals surface area (Å²) in [7, 11) is 0. The predicted molar refractivity (Wildman–Crippen MR) is 121 cm³/mol. The average Bonchev–Trinajstić information content (AvgIpc) is 3.27. The molecule has 1 aliphatic heterocycles. The van der Waals surface area contributed by atoms with Crippen molar-refractivity contribution in [2.45, 2.75) is 31.9 Å². The lowest BCUT2D eigenvalue weighted by Crippen LogP contribution is -2.29. The maximum atomic E-state index is 13.5. The molecule has 0 radical (unpaired) electrons. The number of carboxylic acid groups (broad SMARTS) is 1. The number of amides is 1. The molecule has 2 heterocycles. The van der Waals surface area contributed by atoms with E-state index in [0.717, 1.165) is 23.9 Å². The molecule has 3 rings (SSSR count). The Morgan fingerprint density at radius 1 is 1.16 bits per heavy atom. The van der Waals surface area contributed by atoms with Gasteiger partial charge in [-0.2, -0.15) is 13.2 Å². The lowest BCUT2D eigenvalue weighted by molar-refractivity contribution is -0.140. The summed E-state index contributed by atoms with van der Waals surface area (Å²) < 4.78 is 52.9. The molecule has 170 valence electrons. The van der Waals surface area contributed by atoms with Gasteiger partial charge < -0.3 is 5.11 Å². The zero-order chi connectivity index (χ0) is 23.5. The Bertz CT molecular complexity index is 1080. The number of thiophene rings is 1. The van der Waals surface area contributed by atoms with Gasteiger partial charge in [-0.1, -0.05) is 36.5 Å². The number of thiocarbonyl (C=S) groups is 1. The molecule has 0 atom stereocenters. The molecule has 1 aromatic carbocycles.